The van der Waals surface area contributed by atoms with Crippen LogP contribution in [-0.4, -0.2) is 25.6 Å². The van der Waals surface area contributed by atoms with Gasteiger partial charge in [0.05, 0.1) is 29.5 Å². The van der Waals surface area contributed by atoms with Gasteiger partial charge in [0.2, 0.25) is 0 Å². The lowest BCUT2D eigenvalue weighted by atomic mass is 10.1. The molecule has 0 bridgehead atoms. The Morgan fingerprint density at radius 3 is 2.63 bits per heavy atom. The van der Waals surface area contributed by atoms with Crippen molar-refractivity contribution in [2.75, 3.05) is 5.32 Å². The Labute approximate surface area is 176 Å². The van der Waals surface area contributed by atoms with Crippen molar-refractivity contribution in [1.29, 1.82) is 0 Å². The number of aryl methyl sites for hydroxylation is 1. The minimum absolute atomic E-state index is 0.0475. The van der Waals surface area contributed by atoms with Gasteiger partial charge in [-0.3, -0.25) is 9.59 Å². The predicted octanol–water partition coefficient (Wildman–Crippen LogP) is 4.37. The summed E-state index contributed by atoms with van der Waals surface area (Å²) in [4.78, 5) is 28.8. The number of carbonyl (C=O) groups excluding carboxylic acids is 2. The average molecular weight is 416 g/mol. The molecular formula is C22H16N4O3S. The van der Waals surface area contributed by atoms with E-state index in [4.69, 9.17) is 6.57 Å². The molecule has 0 aliphatic heterocycles. The molecule has 8 heteroatoms. The Morgan fingerprint density at radius 2 is 1.97 bits per heavy atom. The molecule has 0 spiro atoms. The first-order valence-corrected chi connectivity index (χ1v) is 9.80. The standard InChI is InChI=1S/C22H16N4O3S/c1-13-9-20(30-25-13)24-22(29)21(28)18-11-16(26-12-17(27)7-8-19(18)26)10-14-3-5-15(23-2)6-4-14/h3-9,11-12,27H,10H2,1H3,(H,24,29). The smallest absolute Gasteiger partial charge is 0.297 e. The molecule has 3 heterocycles. The van der Waals surface area contributed by atoms with Gasteiger partial charge in [-0.05, 0) is 48.3 Å². The second kappa shape index (κ2) is 7.81. The van der Waals surface area contributed by atoms with Crippen LogP contribution in [0.4, 0.5) is 10.7 Å². The molecular weight excluding hydrogens is 400 g/mol. The number of pyridine rings is 1. The summed E-state index contributed by atoms with van der Waals surface area (Å²) in [7, 11) is 0. The first-order chi connectivity index (χ1) is 14.4. The van der Waals surface area contributed by atoms with Gasteiger partial charge in [0.15, 0.2) is 5.69 Å². The lowest BCUT2D eigenvalue weighted by Gasteiger charge is -2.04. The second-order valence-corrected chi connectivity index (χ2v) is 7.57. The van der Waals surface area contributed by atoms with Crippen LogP contribution in [-0.2, 0) is 11.2 Å². The molecule has 148 valence electrons. The number of hydrogen-bond donors (Lipinski definition) is 2. The van der Waals surface area contributed by atoms with Gasteiger partial charge in [-0.1, -0.05) is 24.3 Å². The molecule has 0 aliphatic rings. The van der Waals surface area contributed by atoms with E-state index in [1.54, 1.807) is 41.7 Å². The van der Waals surface area contributed by atoms with Gasteiger partial charge in [-0.15, -0.1) is 0 Å². The first kappa shape index (κ1) is 19.4. The largest absolute Gasteiger partial charge is 0.506 e. The van der Waals surface area contributed by atoms with Crippen LogP contribution in [0.1, 0.15) is 27.3 Å². The van der Waals surface area contributed by atoms with Gasteiger partial charge >= 0.3 is 0 Å². The summed E-state index contributed by atoms with van der Waals surface area (Å²) >= 11 is 1.11. The third kappa shape index (κ3) is 3.79. The van der Waals surface area contributed by atoms with E-state index < -0.39 is 11.7 Å². The van der Waals surface area contributed by atoms with Crippen molar-refractivity contribution in [3.05, 3.63) is 88.7 Å². The van der Waals surface area contributed by atoms with Gasteiger partial charge in [-0.2, -0.15) is 4.37 Å². The third-order valence-corrected chi connectivity index (χ3v) is 5.39. The molecule has 0 radical (unpaired) electrons. The second-order valence-electron chi connectivity index (χ2n) is 6.76. The number of nitrogens with one attached hydrogen (secondary N) is 1. The Bertz CT molecular complexity index is 1310. The van der Waals surface area contributed by atoms with Crippen molar-refractivity contribution < 1.29 is 14.7 Å². The fraction of sp³-hybridized carbons (Fsp3) is 0.0909. The molecule has 0 fully saturated rings. The highest BCUT2D eigenvalue weighted by molar-refractivity contribution is 7.10. The number of ketones is 1. The zero-order valence-electron chi connectivity index (χ0n) is 15.9. The van der Waals surface area contributed by atoms with Gasteiger partial charge in [0, 0.05) is 12.1 Å². The molecule has 1 amide bonds. The van der Waals surface area contributed by atoms with Crippen molar-refractivity contribution in [3.8, 4) is 5.75 Å². The lowest BCUT2D eigenvalue weighted by molar-refractivity contribution is -0.112. The Morgan fingerprint density at radius 1 is 1.20 bits per heavy atom. The maximum absolute atomic E-state index is 12.9. The zero-order valence-corrected chi connectivity index (χ0v) is 16.7. The van der Waals surface area contributed by atoms with E-state index in [1.165, 1.54) is 12.3 Å². The van der Waals surface area contributed by atoms with Crippen LogP contribution in [0.25, 0.3) is 10.4 Å². The van der Waals surface area contributed by atoms with Gasteiger partial charge in [0.25, 0.3) is 11.7 Å². The number of hydrogen-bond acceptors (Lipinski definition) is 5. The van der Waals surface area contributed by atoms with Crippen molar-refractivity contribution in [2.45, 2.75) is 13.3 Å². The lowest BCUT2D eigenvalue weighted by Crippen LogP contribution is -2.22. The molecule has 4 rings (SSSR count). The van der Waals surface area contributed by atoms with E-state index >= 15 is 0 Å². The van der Waals surface area contributed by atoms with Crippen molar-refractivity contribution in [1.82, 2.24) is 8.77 Å². The fourth-order valence-electron chi connectivity index (χ4n) is 3.19. The summed E-state index contributed by atoms with van der Waals surface area (Å²) in [6.07, 6.45) is 1.98. The van der Waals surface area contributed by atoms with Crippen LogP contribution in [0.5, 0.6) is 5.75 Å². The van der Waals surface area contributed by atoms with E-state index in [9.17, 15) is 14.7 Å². The predicted molar refractivity (Wildman–Crippen MR) is 114 cm³/mol. The van der Waals surface area contributed by atoms with E-state index in [2.05, 4.69) is 14.5 Å². The summed E-state index contributed by atoms with van der Waals surface area (Å²) in [5, 5.41) is 13.0. The molecule has 0 aliphatic carbocycles. The minimum Gasteiger partial charge on any atom is -0.506 e. The average Bonchev–Trinajstić information content (AvgIpc) is 3.31. The number of fused-ring (bicyclic) bond motifs is 1. The number of aromatic hydroxyl groups is 1. The number of amides is 1. The van der Waals surface area contributed by atoms with Crippen LogP contribution in [0.2, 0.25) is 0 Å². The fourth-order valence-corrected chi connectivity index (χ4v) is 3.84. The summed E-state index contributed by atoms with van der Waals surface area (Å²) in [5.74, 6) is -1.36. The number of benzene rings is 1. The van der Waals surface area contributed by atoms with Crippen LogP contribution in [0.3, 0.4) is 0 Å². The van der Waals surface area contributed by atoms with E-state index in [1.807, 2.05) is 12.1 Å². The van der Waals surface area contributed by atoms with Crippen LogP contribution in [0.15, 0.2) is 54.7 Å². The number of Topliss-reactive ketones (excluding diaryl/α,β-unsaturated/α-hetero) is 1. The summed E-state index contributed by atoms with van der Waals surface area (Å²) in [6, 6.07) is 13.6. The van der Waals surface area contributed by atoms with Gasteiger partial charge in [-0.25, -0.2) is 4.85 Å². The van der Waals surface area contributed by atoms with Crippen LogP contribution >= 0.6 is 11.5 Å². The monoisotopic (exact) mass is 416 g/mol. The molecule has 0 unspecified atom stereocenters. The van der Waals surface area contributed by atoms with E-state index in [0.29, 0.717) is 22.6 Å². The molecule has 0 saturated heterocycles. The van der Waals surface area contributed by atoms with Crippen molar-refractivity contribution in [2.24, 2.45) is 0 Å². The van der Waals surface area contributed by atoms with Crippen LogP contribution in [0, 0.1) is 13.5 Å². The number of carbonyl (C=O) groups is 2. The van der Waals surface area contributed by atoms with Crippen LogP contribution < -0.4 is 5.32 Å². The quantitative estimate of drug-likeness (QED) is 0.287. The number of aromatic nitrogens is 2. The zero-order chi connectivity index (χ0) is 21.3. The Balaban J connectivity index is 1.68. The minimum atomic E-state index is -0.743. The van der Waals surface area contributed by atoms with E-state index in [0.717, 1.165) is 28.5 Å². The molecule has 1 aromatic carbocycles. The molecule has 4 aromatic rings. The highest BCUT2D eigenvalue weighted by Gasteiger charge is 2.23. The molecule has 0 saturated carbocycles. The SMILES string of the molecule is [C-]#[N+]c1ccc(Cc2cc(C(=O)C(=O)Nc3cc(C)ns3)c3ccc(O)cn23)cc1. The Kier molecular flexibility index (Phi) is 5.04. The summed E-state index contributed by atoms with van der Waals surface area (Å²) in [6.45, 7) is 8.86. The van der Waals surface area contributed by atoms with Crippen molar-refractivity contribution in [3.63, 3.8) is 0 Å². The number of nitrogens with zero attached hydrogens (tertiary/aromatic N) is 3. The molecule has 30 heavy (non-hydrogen) atoms. The Hall–Kier alpha value is -3.96. The topological polar surface area (TPSA) is 88.1 Å². The first-order valence-electron chi connectivity index (χ1n) is 9.03. The maximum Gasteiger partial charge on any atom is 0.297 e. The molecule has 2 N–H and O–H groups in total. The number of anilines is 1. The summed E-state index contributed by atoms with van der Waals surface area (Å²) in [5.41, 5.74) is 3.76. The number of rotatable bonds is 5. The molecule has 7 nitrogen and oxygen atoms in total. The van der Waals surface area contributed by atoms with Gasteiger partial charge in [0.1, 0.15) is 10.8 Å². The normalized spacial score (nSPS) is 10.7. The van der Waals surface area contributed by atoms with Crippen molar-refractivity contribution >= 4 is 39.4 Å². The molecule has 3 aromatic heterocycles. The third-order valence-electron chi connectivity index (χ3n) is 4.60. The highest BCUT2D eigenvalue weighted by Crippen LogP contribution is 2.25. The highest BCUT2D eigenvalue weighted by atomic mass is 32.1. The van der Waals surface area contributed by atoms with Gasteiger partial charge < -0.3 is 14.8 Å². The maximum atomic E-state index is 12.9. The summed E-state index contributed by atoms with van der Waals surface area (Å²) < 4.78 is 5.79. The van der Waals surface area contributed by atoms with E-state index in [-0.39, 0.29) is 11.3 Å². The molecule has 0 atom stereocenters.